The lowest BCUT2D eigenvalue weighted by molar-refractivity contribution is 0.658. The lowest BCUT2D eigenvalue weighted by Gasteiger charge is -2.21. The number of fused-ring (bicyclic) bond motifs is 10. The van der Waals surface area contributed by atoms with Crippen molar-refractivity contribution in [2.75, 3.05) is 0 Å². The molecule has 0 bridgehead atoms. The number of nitrogens with zero attached hydrogens (tertiary/aromatic N) is 4. The van der Waals surface area contributed by atoms with Crippen LogP contribution < -0.4 is 0 Å². The fraction of sp³-hybridized carbons (Fsp3) is 0. The van der Waals surface area contributed by atoms with Gasteiger partial charge in [-0.25, -0.2) is 15.0 Å². The third-order valence-electron chi connectivity index (χ3n) is 12.2. The van der Waals surface area contributed by atoms with E-state index in [-0.39, 0.29) is 0 Å². The molecular weight excluding hydrogens is 773 g/mol. The quantitative estimate of drug-likeness (QED) is 0.167. The number of aromatic nitrogens is 4. The molecule has 4 aromatic heterocycles. The Morgan fingerprint density at radius 2 is 0.810 bits per heavy atom. The Hall–Kier alpha value is -8.61. The lowest BCUT2D eigenvalue weighted by Crippen LogP contribution is -2.04. The highest BCUT2D eigenvalue weighted by atomic mass is 16.3. The monoisotopic (exact) mass is 806 g/mol. The van der Waals surface area contributed by atoms with Crippen LogP contribution in [0.25, 0.3) is 128 Å². The van der Waals surface area contributed by atoms with Crippen molar-refractivity contribution >= 4 is 65.7 Å². The maximum atomic E-state index is 6.93. The van der Waals surface area contributed by atoms with Crippen molar-refractivity contribution in [3.05, 3.63) is 206 Å². The normalized spacial score (nSPS) is 11.8. The van der Waals surface area contributed by atoms with Crippen molar-refractivity contribution < 1.29 is 8.83 Å². The number of para-hydroxylation sites is 2. The third kappa shape index (κ3) is 5.62. The van der Waals surface area contributed by atoms with Gasteiger partial charge in [0.15, 0.2) is 17.5 Å². The summed E-state index contributed by atoms with van der Waals surface area (Å²) >= 11 is 0. The molecule has 294 valence electrons. The maximum Gasteiger partial charge on any atom is 0.164 e. The molecule has 0 radical (unpaired) electrons. The van der Waals surface area contributed by atoms with Gasteiger partial charge in [-0.05, 0) is 53.6 Å². The first-order valence-corrected chi connectivity index (χ1v) is 21.1. The lowest BCUT2D eigenvalue weighted by atomic mass is 9.92. The molecule has 63 heavy (non-hydrogen) atoms. The topological polar surface area (TPSA) is 69.9 Å². The van der Waals surface area contributed by atoms with E-state index < -0.39 is 0 Å². The van der Waals surface area contributed by atoms with Crippen molar-refractivity contribution in [1.29, 1.82) is 0 Å². The molecule has 9 aromatic carbocycles. The second-order valence-electron chi connectivity index (χ2n) is 15.9. The molecule has 13 aromatic rings. The second-order valence-corrected chi connectivity index (χ2v) is 15.9. The van der Waals surface area contributed by atoms with Crippen LogP contribution in [0.4, 0.5) is 0 Å². The molecular formula is C57H34N4O2. The van der Waals surface area contributed by atoms with Crippen LogP contribution in [0.2, 0.25) is 0 Å². The zero-order valence-corrected chi connectivity index (χ0v) is 33.7. The molecule has 6 heteroatoms. The molecule has 0 N–H and O–H groups in total. The van der Waals surface area contributed by atoms with E-state index in [9.17, 15) is 0 Å². The molecule has 0 saturated carbocycles. The van der Waals surface area contributed by atoms with E-state index in [0.717, 1.165) is 110 Å². The Balaban J connectivity index is 1.12. The van der Waals surface area contributed by atoms with Gasteiger partial charge in [-0.2, -0.15) is 0 Å². The number of hydrogen-bond donors (Lipinski definition) is 0. The van der Waals surface area contributed by atoms with E-state index in [1.165, 1.54) is 0 Å². The van der Waals surface area contributed by atoms with Gasteiger partial charge >= 0.3 is 0 Å². The minimum absolute atomic E-state index is 0.591. The number of benzene rings is 9. The average molecular weight is 807 g/mol. The van der Waals surface area contributed by atoms with E-state index in [4.69, 9.17) is 23.8 Å². The summed E-state index contributed by atoms with van der Waals surface area (Å²) in [5.41, 5.74) is 13.4. The summed E-state index contributed by atoms with van der Waals surface area (Å²) in [5, 5.41) is 6.45. The fourth-order valence-corrected chi connectivity index (χ4v) is 9.36. The summed E-state index contributed by atoms with van der Waals surface area (Å²) in [4.78, 5) is 15.4. The Labute approximate surface area is 361 Å². The average Bonchev–Trinajstić information content (AvgIpc) is 4.02. The summed E-state index contributed by atoms with van der Waals surface area (Å²) in [5.74, 6) is 1.82. The fourth-order valence-electron chi connectivity index (χ4n) is 9.36. The first-order chi connectivity index (χ1) is 31.2. The summed E-state index contributed by atoms with van der Waals surface area (Å²) in [6.07, 6.45) is 0. The van der Waals surface area contributed by atoms with Gasteiger partial charge in [0.1, 0.15) is 22.3 Å². The molecule has 0 atom stereocenters. The van der Waals surface area contributed by atoms with Gasteiger partial charge in [-0.1, -0.05) is 158 Å². The summed E-state index contributed by atoms with van der Waals surface area (Å²) in [7, 11) is 0. The van der Waals surface area contributed by atoms with Crippen LogP contribution in [0.5, 0.6) is 0 Å². The predicted octanol–water partition coefficient (Wildman–Crippen LogP) is 15.1. The van der Waals surface area contributed by atoms with Gasteiger partial charge in [0.2, 0.25) is 0 Å². The molecule has 0 aliphatic rings. The molecule has 0 amide bonds. The second kappa shape index (κ2) is 14.0. The van der Waals surface area contributed by atoms with Gasteiger partial charge in [-0.15, -0.1) is 0 Å². The SMILES string of the molecule is c1ccc(-c2nc(-c3ccccc3)nc(-c3cc(-c4ccccc4)c(-n4c5ccccc5c5c6oc7cc8oc9ccccc9c8cc7c6ccc54)c(-c4ccccc4)c3)n2)cc1. The van der Waals surface area contributed by atoms with E-state index in [2.05, 4.69) is 132 Å². The first kappa shape index (κ1) is 35.2. The minimum atomic E-state index is 0.591. The molecule has 13 rings (SSSR count). The number of rotatable bonds is 6. The molecule has 0 saturated heterocycles. The zero-order chi connectivity index (χ0) is 41.4. The molecule has 0 fully saturated rings. The van der Waals surface area contributed by atoms with E-state index in [1.807, 2.05) is 78.9 Å². The number of hydrogen-bond acceptors (Lipinski definition) is 5. The van der Waals surface area contributed by atoms with Gasteiger partial charge in [0.25, 0.3) is 0 Å². The Morgan fingerprint density at radius 1 is 0.317 bits per heavy atom. The Morgan fingerprint density at radius 3 is 1.43 bits per heavy atom. The first-order valence-electron chi connectivity index (χ1n) is 21.1. The summed E-state index contributed by atoms with van der Waals surface area (Å²) in [6.45, 7) is 0. The Bertz CT molecular complexity index is 3770. The van der Waals surface area contributed by atoms with Gasteiger partial charge in [0, 0.05) is 60.8 Å². The minimum Gasteiger partial charge on any atom is -0.456 e. The standard InChI is InChI=1S/C57H34N4O2/c1-5-17-35(18-6-1)43-31-39(57-59-55(37-21-9-3-10-22-37)58-56(60-57)38-23-11-4-12-24-38)32-44(36-19-7-2-8-20-36)53(43)61-47-27-15-13-26-42(47)52-48(61)30-29-41-46-33-45-40-25-14-16-28-49(40)62-50(45)34-51(46)63-54(41)52/h1-34H. The van der Waals surface area contributed by atoms with Crippen LogP contribution in [-0.2, 0) is 0 Å². The molecule has 0 aliphatic carbocycles. The molecule has 0 spiro atoms. The zero-order valence-electron chi connectivity index (χ0n) is 33.7. The van der Waals surface area contributed by atoms with Gasteiger partial charge in [-0.3, -0.25) is 0 Å². The summed E-state index contributed by atoms with van der Waals surface area (Å²) < 4.78 is 15.7. The highest BCUT2D eigenvalue weighted by molar-refractivity contribution is 6.25. The van der Waals surface area contributed by atoms with Crippen molar-refractivity contribution in [3.63, 3.8) is 0 Å². The third-order valence-corrected chi connectivity index (χ3v) is 12.2. The van der Waals surface area contributed by atoms with Crippen LogP contribution >= 0.6 is 0 Å². The van der Waals surface area contributed by atoms with Crippen LogP contribution in [0.1, 0.15) is 0 Å². The molecule has 4 heterocycles. The van der Waals surface area contributed by atoms with Gasteiger partial charge in [0.05, 0.1) is 22.1 Å². The highest BCUT2D eigenvalue weighted by Crippen LogP contribution is 2.47. The van der Waals surface area contributed by atoms with Crippen molar-refractivity contribution in [2.45, 2.75) is 0 Å². The van der Waals surface area contributed by atoms with E-state index >= 15 is 0 Å². The predicted molar refractivity (Wildman–Crippen MR) is 256 cm³/mol. The van der Waals surface area contributed by atoms with Crippen LogP contribution in [-0.4, -0.2) is 19.5 Å². The van der Waals surface area contributed by atoms with Crippen LogP contribution in [0.3, 0.4) is 0 Å². The Kier molecular flexibility index (Phi) is 7.80. The van der Waals surface area contributed by atoms with Gasteiger partial charge < -0.3 is 13.4 Å². The van der Waals surface area contributed by atoms with Crippen molar-refractivity contribution in [1.82, 2.24) is 19.5 Å². The summed E-state index contributed by atoms with van der Waals surface area (Å²) in [6, 6.07) is 71.6. The number of furan rings is 2. The molecule has 6 nitrogen and oxygen atoms in total. The largest absolute Gasteiger partial charge is 0.456 e. The maximum absolute atomic E-state index is 6.93. The molecule has 0 unspecified atom stereocenters. The highest BCUT2D eigenvalue weighted by Gasteiger charge is 2.25. The molecule has 0 aliphatic heterocycles. The smallest absolute Gasteiger partial charge is 0.164 e. The van der Waals surface area contributed by atoms with Crippen LogP contribution in [0.15, 0.2) is 215 Å². The van der Waals surface area contributed by atoms with Crippen LogP contribution in [0, 0.1) is 0 Å². The van der Waals surface area contributed by atoms with Crippen molar-refractivity contribution in [3.8, 4) is 62.1 Å². The van der Waals surface area contributed by atoms with E-state index in [1.54, 1.807) is 0 Å². The van der Waals surface area contributed by atoms with Crippen molar-refractivity contribution in [2.24, 2.45) is 0 Å². The van der Waals surface area contributed by atoms with E-state index in [0.29, 0.717) is 17.5 Å².